The van der Waals surface area contributed by atoms with Crippen LogP contribution in [0.5, 0.6) is 0 Å². The maximum Gasteiger partial charge on any atom is 0.225 e. The molecule has 0 heterocycles. The second-order valence-electron chi connectivity index (χ2n) is 1.73. The van der Waals surface area contributed by atoms with Gasteiger partial charge in [-0.3, -0.25) is 9.59 Å². The van der Waals surface area contributed by atoms with Crippen molar-refractivity contribution in [2.24, 2.45) is 0 Å². The van der Waals surface area contributed by atoms with Gasteiger partial charge in [0.25, 0.3) is 0 Å². The van der Waals surface area contributed by atoms with Gasteiger partial charge in [-0.1, -0.05) is 12.2 Å². The number of carbonyl (C=O) groups is 2. The number of hydrogen-bond acceptors (Lipinski definition) is 2. The monoisotopic (exact) mass is 138 g/mol. The number of carbonyl (C=O) groups excluding carboxylic acids is 2. The molecule has 0 aromatic rings. The van der Waals surface area contributed by atoms with Crippen LogP contribution in [0.4, 0.5) is 0 Å². The van der Waals surface area contributed by atoms with E-state index < -0.39 is 11.6 Å². The van der Waals surface area contributed by atoms with E-state index in [0.717, 1.165) is 0 Å². The first-order chi connectivity index (χ1) is 4.72. The van der Waals surface area contributed by atoms with Crippen LogP contribution in [0.2, 0.25) is 0 Å². The first-order valence-electron chi connectivity index (χ1n) is 3.06. The summed E-state index contributed by atoms with van der Waals surface area (Å²) in [6.07, 6.45) is 5.60. The van der Waals surface area contributed by atoms with Crippen LogP contribution in [0.25, 0.3) is 0 Å². The van der Waals surface area contributed by atoms with Crippen molar-refractivity contribution < 1.29 is 9.59 Å². The first kappa shape index (κ1) is 8.82. The molecule has 0 amide bonds. The van der Waals surface area contributed by atoms with Crippen molar-refractivity contribution in [3.63, 3.8) is 0 Å². The largest absolute Gasteiger partial charge is 0.286 e. The van der Waals surface area contributed by atoms with Gasteiger partial charge in [0.2, 0.25) is 11.6 Å². The fourth-order valence-electron chi connectivity index (χ4n) is 0.467. The minimum Gasteiger partial charge on any atom is -0.286 e. The van der Waals surface area contributed by atoms with E-state index in [4.69, 9.17) is 0 Å². The van der Waals surface area contributed by atoms with E-state index >= 15 is 0 Å². The zero-order chi connectivity index (χ0) is 7.98. The Morgan fingerprint density at radius 3 is 1.40 bits per heavy atom. The third kappa shape index (κ3) is 2.97. The molecule has 0 rings (SSSR count). The zero-order valence-corrected chi connectivity index (χ0v) is 6.13. The average Bonchev–Trinajstić information content (AvgIpc) is 1.89. The van der Waals surface area contributed by atoms with Crippen LogP contribution < -0.4 is 0 Å². The van der Waals surface area contributed by atoms with E-state index in [9.17, 15) is 9.59 Å². The van der Waals surface area contributed by atoms with Crippen molar-refractivity contribution in [3.8, 4) is 0 Å². The van der Waals surface area contributed by atoms with Gasteiger partial charge in [-0.2, -0.15) is 0 Å². The second kappa shape index (κ2) is 4.68. The molecule has 0 aromatic carbocycles. The van der Waals surface area contributed by atoms with Crippen molar-refractivity contribution in [2.75, 3.05) is 0 Å². The Morgan fingerprint density at radius 2 is 1.20 bits per heavy atom. The molecule has 10 heavy (non-hydrogen) atoms. The summed E-state index contributed by atoms with van der Waals surface area (Å²) < 4.78 is 0. The van der Waals surface area contributed by atoms with Gasteiger partial charge >= 0.3 is 0 Å². The van der Waals surface area contributed by atoms with Crippen molar-refractivity contribution in [1.29, 1.82) is 0 Å². The molecule has 0 aliphatic carbocycles. The maximum atomic E-state index is 10.6. The molecule has 0 saturated carbocycles. The standard InChI is InChI=1S/C8H10O2/c1-3-5-7(9)8(10)6-4-2/h3-6H,1-2H3/b5-3-,6-4+. The molecule has 0 bridgehead atoms. The van der Waals surface area contributed by atoms with Gasteiger partial charge in [0.1, 0.15) is 0 Å². The smallest absolute Gasteiger partial charge is 0.225 e. The van der Waals surface area contributed by atoms with Gasteiger partial charge in [-0.15, -0.1) is 0 Å². The Bertz CT molecular complexity index is 165. The van der Waals surface area contributed by atoms with Gasteiger partial charge in [0.15, 0.2) is 0 Å². The highest BCUT2D eigenvalue weighted by molar-refractivity contribution is 6.45. The molecule has 0 saturated heterocycles. The molecule has 0 atom stereocenters. The van der Waals surface area contributed by atoms with E-state index in [0.29, 0.717) is 0 Å². The third-order valence-electron chi connectivity index (χ3n) is 0.879. The number of rotatable bonds is 3. The van der Waals surface area contributed by atoms with Crippen LogP contribution >= 0.6 is 0 Å². The van der Waals surface area contributed by atoms with Crippen molar-refractivity contribution >= 4 is 11.6 Å². The van der Waals surface area contributed by atoms with Crippen LogP contribution in [0, 0.1) is 0 Å². The summed E-state index contributed by atoms with van der Waals surface area (Å²) in [5.41, 5.74) is 0. The fourth-order valence-corrected chi connectivity index (χ4v) is 0.467. The molecular weight excluding hydrogens is 128 g/mol. The molecule has 0 spiro atoms. The summed E-state index contributed by atoms with van der Waals surface area (Å²) >= 11 is 0. The fraction of sp³-hybridized carbons (Fsp3) is 0.250. The molecule has 0 fully saturated rings. The quantitative estimate of drug-likeness (QED) is 0.435. The van der Waals surface area contributed by atoms with Crippen molar-refractivity contribution in [2.45, 2.75) is 13.8 Å². The van der Waals surface area contributed by atoms with Crippen molar-refractivity contribution in [1.82, 2.24) is 0 Å². The summed E-state index contributed by atoms with van der Waals surface area (Å²) in [5, 5.41) is 0. The van der Waals surface area contributed by atoms with Crippen LogP contribution in [0.1, 0.15) is 13.8 Å². The topological polar surface area (TPSA) is 34.1 Å². The molecule has 2 nitrogen and oxygen atoms in total. The average molecular weight is 138 g/mol. The lowest BCUT2D eigenvalue weighted by molar-refractivity contribution is -0.130. The lowest BCUT2D eigenvalue weighted by Gasteiger charge is -1.82. The predicted molar refractivity (Wildman–Crippen MR) is 39.6 cm³/mol. The van der Waals surface area contributed by atoms with Crippen LogP contribution in [0.15, 0.2) is 24.3 Å². The lowest BCUT2D eigenvalue weighted by atomic mass is 10.2. The van der Waals surface area contributed by atoms with E-state index in [1.54, 1.807) is 26.0 Å². The number of allylic oxidation sites excluding steroid dienone is 4. The SMILES string of the molecule is C/C=C\C(=O)C(=O)/C=C/C. The highest BCUT2D eigenvalue weighted by Crippen LogP contribution is 1.82. The maximum absolute atomic E-state index is 10.6. The molecule has 0 aliphatic heterocycles. The minimum atomic E-state index is -0.472. The van der Waals surface area contributed by atoms with Crippen LogP contribution in [-0.4, -0.2) is 11.6 Å². The molecule has 0 aliphatic rings. The van der Waals surface area contributed by atoms with Crippen LogP contribution in [-0.2, 0) is 9.59 Å². The molecule has 2 heteroatoms. The Labute approximate surface area is 60.2 Å². The van der Waals surface area contributed by atoms with Gasteiger partial charge in [0, 0.05) is 0 Å². The van der Waals surface area contributed by atoms with Gasteiger partial charge in [-0.05, 0) is 26.0 Å². The predicted octanol–water partition coefficient (Wildman–Crippen LogP) is 1.28. The third-order valence-corrected chi connectivity index (χ3v) is 0.879. The molecule has 0 aromatic heterocycles. The summed E-state index contributed by atoms with van der Waals surface area (Å²) in [5.74, 6) is -0.943. The van der Waals surface area contributed by atoms with E-state index in [1.165, 1.54) is 12.2 Å². The first-order valence-corrected chi connectivity index (χ1v) is 3.06. The highest BCUT2D eigenvalue weighted by atomic mass is 16.2. The Kier molecular flexibility index (Phi) is 4.12. The molecule has 54 valence electrons. The van der Waals surface area contributed by atoms with Crippen LogP contribution in [0.3, 0.4) is 0 Å². The van der Waals surface area contributed by atoms with Crippen molar-refractivity contribution in [3.05, 3.63) is 24.3 Å². The summed E-state index contributed by atoms with van der Waals surface area (Å²) in [6.45, 7) is 3.39. The molecule has 0 radical (unpaired) electrons. The summed E-state index contributed by atoms with van der Waals surface area (Å²) in [4.78, 5) is 21.3. The molecular formula is C8H10O2. The lowest BCUT2D eigenvalue weighted by Crippen LogP contribution is -2.06. The van der Waals surface area contributed by atoms with E-state index in [2.05, 4.69) is 0 Å². The Hall–Kier alpha value is -1.18. The van der Waals surface area contributed by atoms with Gasteiger partial charge < -0.3 is 0 Å². The Balaban J connectivity index is 4.09. The minimum absolute atomic E-state index is 0.472. The van der Waals surface area contributed by atoms with Gasteiger partial charge in [-0.25, -0.2) is 0 Å². The Morgan fingerprint density at radius 1 is 0.900 bits per heavy atom. The van der Waals surface area contributed by atoms with E-state index in [1.807, 2.05) is 0 Å². The highest BCUT2D eigenvalue weighted by Gasteiger charge is 2.02. The normalized spacial score (nSPS) is 11.0. The number of ketones is 2. The summed E-state index contributed by atoms with van der Waals surface area (Å²) in [7, 11) is 0. The zero-order valence-electron chi connectivity index (χ0n) is 6.13. The molecule has 0 unspecified atom stereocenters. The molecule has 0 N–H and O–H groups in total. The van der Waals surface area contributed by atoms with Gasteiger partial charge in [0.05, 0.1) is 0 Å². The second-order valence-corrected chi connectivity index (χ2v) is 1.73. The van der Waals surface area contributed by atoms with E-state index in [-0.39, 0.29) is 0 Å². The summed E-state index contributed by atoms with van der Waals surface area (Å²) in [6, 6.07) is 0. The number of hydrogen-bond donors (Lipinski definition) is 0.